The highest BCUT2D eigenvalue weighted by molar-refractivity contribution is 5.39. The molecule has 0 bridgehead atoms. The third-order valence-electron chi connectivity index (χ3n) is 3.32. The van der Waals surface area contributed by atoms with E-state index in [1.165, 1.54) is 12.1 Å². The zero-order valence-corrected chi connectivity index (χ0v) is 12.1. The van der Waals surface area contributed by atoms with Gasteiger partial charge < -0.3 is 10.5 Å². The fourth-order valence-electron chi connectivity index (χ4n) is 2.09. The van der Waals surface area contributed by atoms with E-state index in [2.05, 4.69) is 6.07 Å². The molecule has 0 radical (unpaired) electrons. The average molecular weight is 284 g/mol. The number of hydrogen-bond acceptors (Lipinski definition) is 3. The summed E-state index contributed by atoms with van der Waals surface area (Å²) in [6.07, 6.45) is 0. The molecule has 2 rings (SSSR count). The number of hydrogen-bond donors (Lipinski definition) is 1. The molecule has 0 spiro atoms. The van der Waals surface area contributed by atoms with Gasteiger partial charge in [-0.25, -0.2) is 4.39 Å². The molecule has 0 aliphatic rings. The van der Waals surface area contributed by atoms with Gasteiger partial charge in [0.1, 0.15) is 18.2 Å². The molecule has 21 heavy (non-hydrogen) atoms. The predicted octanol–water partition coefficient (Wildman–Crippen LogP) is 3.60. The van der Waals surface area contributed by atoms with Gasteiger partial charge in [0.2, 0.25) is 0 Å². The lowest BCUT2D eigenvalue weighted by molar-refractivity contribution is 0.300. The third kappa shape index (κ3) is 3.59. The zero-order valence-electron chi connectivity index (χ0n) is 12.1. The second-order valence-electron chi connectivity index (χ2n) is 5.01. The summed E-state index contributed by atoms with van der Waals surface area (Å²) in [4.78, 5) is 0. The van der Waals surface area contributed by atoms with Crippen LogP contribution in [-0.4, -0.2) is 0 Å². The molecule has 0 amide bonds. The number of ether oxygens (including phenoxy) is 1. The molecule has 3 nitrogen and oxygen atoms in total. The van der Waals surface area contributed by atoms with E-state index in [0.29, 0.717) is 23.5 Å². The van der Waals surface area contributed by atoms with Crippen molar-refractivity contribution in [1.29, 1.82) is 5.26 Å². The number of nitriles is 1. The van der Waals surface area contributed by atoms with Crippen LogP contribution in [0.15, 0.2) is 36.4 Å². The minimum absolute atomic E-state index is 0.308. The van der Waals surface area contributed by atoms with Gasteiger partial charge in [0.05, 0.1) is 11.6 Å². The topological polar surface area (TPSA) is 59.0 Å². The zero-order chi connectivity index (χ0) is 15.4. The van der Waals surface area contributed by atoms with E-state index in [1.54, 1.807) is 19.1 Å². The first kappa shape index (κ1) is 15.0. The Kier molecular flexibility index (Phi) is 4.56. The van der Waals surface area contributed by atoms with Crippen LogP contribution in [0, 0.1) is 24.1 Å². The first-order valence-corrected chi connectivity index (χ1v) is 6.68. The van der Waals surface area contributed by atoms with Crippen LogP contribution in [0.4, 0.5) is 4.39 Å². The van der Waals surface area contributed by atoms with Gasteiger partial charge in [0.15, 0.2) is 0 Å². The highest BCUT2D eigenvalue weighted by atomic mass is 19.1. The molecule has 0 heterocycles. The van der Waals surface area contributed by atoms with Crippen molar-refractivity contribution in [1.82, 2.24) is 0 Å². The van der Waals surface area contributed by atoms with Gasteiger partial charge in [0, 0.05) is 11.6 Å². The van der Waals surface area contributed by atoms with Crippen molar-refractivity contribution in [2.24, 2.45) is 5.73 Å². The molecule has 0 aliphatic heterocycles. The first-order chi connectivity index (χ1) is 10.0. The second kappa shape index (κ2) is 6.38. The molecule has 108 valence electrons. The third-order valence-corrected chi connectivity index (χ3v) is 3.32. The molecule has 0 saturated heterocycles. The van der Waals surface area contributed by atoms with E-state index in [4.69, 9.17) is 15.7 Å². The number of rotatable bonds is 4. The van der Waals surface area contributed by atoms with E-state index in [9.17, 15) is 4.39 Å². The highest BCUT2D eigenvalue weighted by Gasteiger charge is 2.10. The van der Waals surface area contributed by atoms with Gasteiger partial charge in [-0.1, -0.05) is 6.07 Å². The molecule has 1 atom stereocenters. The molecule has 4 heteroatoms. The lowest BCUT2D eigenvalue weighted by atomic mass is 10.1. The predicted molar refractivity (Wildman–Crippen MR) is 79.2 cm³/mol. The maximum atomic E-state index is 13.3. The smallest absolute Gasteiger partial charge is 0.124 e. The van der Waals surface area contributed by atoms with Crippen molar-refractivity contribution in [3.05, 3.63) is 64.5 Å². The number of halogens is 1. The van der Waals surface area contributed by atoms with Crippen molar-refractivity contribution in [2.45, 2.75) is 26.5 Å². The Labute approximate surface area is 123 Å². The summed E-state index contributed by atoms with van der Waals surface area (Å²) in [5.41, 5.74) is 9.06. The average Bonchev–Trinajstić information content (AvgIpc) is 2.46. The maximum absolute atomic E-state index is 13.3. The van der Waals surface area contributed by atoms with Crippen LogP contribution in [-0.2, 0) is 6.61 Å². The van der Waals surface area contributed by atoms with Crippen molar-refractivity contribution in [2.75, 3.05) is 0 Å². The summed E-state index contributed by atoms with van der Waals surface area (Å²) in [6, 6.07) is 11.6. The fraction of sp³-hybridized carbons (Fsp3) is 0.235. The van der Waals surface area contributed by atoms with Crippen molar-refractivity contribution in [3.63, 3.8) is 0 Å². The van der Waals surface area contributed by atoms with Gasteiger partial charge in [0.25, 0.3) is 0 Å². The molecule has 0 aromatic heterocycles. The van der Waals surface area contributed by atoms with Gasteiger partial charge in [-0.15, -0.1) is 0 Å². The Morgan fingerprint density at radius 2 is 2.05 bits per heavy atom. The first-order valence-electron chi connectivity index (χ1n) is 6.68. The van der Waals surface area contributed by atoms with Crippen molar-refractivity contribution >= 4 is 0 Å². The Bertz CT molecular complexity index is 690. The van der Waals surface area contributed by atoms with Crippen LogP contribution in [0.25, 0.3) is 0 Å². The van der Waals surface area contributed by atoms with E-state index >= 15 is 0 Å². The SMILES string of the molecule is Cc1cc(C#N)ccc1COc1ccc(F)cc1C(C)N. The standard InChI is InChI=1S/C17H17FN2O/c1-11-7-13(9-19)3-4-14(11)10-21-17-6-5-15(18)8-16(17)12(2)20/h3-8,12H,10,20H2,1-2H3. The molecule has 1 unspecified atom stereocenters. The molecule has 0 aliphatic carbocycles. The molecular weight excluding hydrogens is 267 g/mol. The normalized spacial score (nSPS) is 11.8. The molecule has 2 aromatic rings. The fourth-order valence-corrected chi connectivity index (χ4v) is 2.09. The quantitative estimate of drug-likeness (QED) is 0.933. The lowest BCUT2D eigenvalue weighted by Crippen LogP contribution is -2.09. The summed E-state index contributed by atoms with van der Waals surface area (Å²) in [5, 5.41) is 8.85. The molecular formula is C17H17FN2O. The lowest BCUT2D eigenvalue weighted by Gasteiger charge is -2.15. The molecule has 2 N–H and O–H groups in total. The van der Waals surface area contributed by atoms with Crippen LogP contribution < -0.4 is 10.5 Å². The highest BCUT2D eigenvalue weighted by Crippen LogP contribution is 2.26. The van der Waals surface area contributed by atoms with Gasteiger partial charge in [-0.3, -0.25) is 0 Å². The van der Waals surface area contributed by atoms with Crippen molar-refractivity contribution in [3.8, 4) is 11.8 Å². The maximum Gasteiger partial charge on any atom is 0.124 e. The Morgan fingerprint density at radius 3 is 2.67 bits per heavy atom. The van der Waals surface area contributed by atoms with Gasteiger partial charge >= 0.3 is 0 Å². The Hall–Kier alpha value is -2.38. The van der Waals surface area contributed by atoms with Crippen LogP contribution in [0.3, 0.4) is 0 Å². The Balaban J connectivity index is 2.19. The van der Waals surface area contributed by atoms with E-state index in [0.717, 1.165) is 11.1 Å². The minimum Gasteiger partial charge on any atom is -0.489 e. The van der Waals surface area contributed by atoms with E-state index in [1.807, 2.05) is 19.1 Å². The summed E-state index contributed by atoms with van der Waals surface area (Å²) in [6.45, 7) is 4.06. The van der Waals surface area contributed by atoms with Crippen LogP contribution >= 0.6 is 0 Å². The van der Waals surface area contributed by atoms with Gasteiger partial charge in [-0.05, 0) is 55.3 Å². The molecule has 0 saturated carbocycles. The van der Waals surface area contributed by atoms with Crippen LogP contribution in [0.1, 0.15) is 35.2 Å². The van der Waals surface area contributed by atoms with Crippen LogP contribution in [0.2, 0.25) is 0 Å². The largest absolute Gasteiger partial charge is 0.489 e. The summed E-state index contributed by atoms with van der Waals surface area (Å²) in [7, 11) is 0. The van der Waals surface area contributed by atoms with Crippen molar-refractivity contribution < 1.29 is 9.13 Å². The monoisotopic (exact) mass is 284 g/mol. The summed E-state index contributed by atoms with van der Waals surface area (Å²) < 4.78 is 19.0. The Morgan fingerprint density at radius 1 is 1.29 bits per heavy atom. The van der Waals surface area contributed by atoms with E-state index in [-0.39, 0.29) is 11.9 Å². The second-order valence-corrected chi connectivity index (χ2v) is 5.01. The molecule has 2 aromatic carbocycles. The number of benzene rings is 2. The number of nitrogens with two attached hydrogens (primary N) is 1. The molecule has 0 fully saturated rings. The van der Waals surface area contributed by atoms with E-state index < -0.39 is 0 Å². The summed E-state index contributed by atoms with van der Waals surface area (Å²) >= 11 is 0. The van der Waals surface area contributed by atoms with Gasteiger partial charge in [-0.2, -0.15) is 5.26 Å². The summed E-state index contributed by atoms with van der Waals surface area (Å²) in [5.74, 6) is 0.249. The van der Waals surface area contributed by atoms with Crippen LogP contribution in [0.5, 0.6) is 5.75 Å². The number of aryl methyl sites for hydroxylation is 1. The minimum atomic E-state index is -0.329. The number of nitrogens with zero attached hydrogens (tertiary/aromatic N) is 1.